The second-order valence-corrected chi connectivity index (χ2v) is 8.33. The van der Waals surface area contributed by atoms with Crippen molar-refractivity contribution in [1.82, 2.24) is 10.2 Å². The molecule has 1 N–H and O–H groups in total. The van der Waals surface area contributed by atoms with Crippen molar-refractivity contribution in [2.75, 3.05) is 35.0 Å². The largest absolute Gasteiger partial charge is 0.497 e. The molecule has 0 fully saturated rings. The van der Waals surface area contributed by atoms with E-state index in [1.54, 1.807) is 51.5 Å². The summed E-state index contributed by atoms with van der Waals surface area (Å²) in [6.45, 7) is 0.620. The number of rotatable bonds is 10. The third kappa shape index (κ3) is 4.93. The van der Waals surface area contributed by atoms with Crippen LogP contribution in [0.1, 0.15) is 33.1 Å². The van der Waals surface area contributed by atoms with Crippen LogP contribution in [-0.4, -0.2) is 51.7 Å². The van der Waals surface area contributed by atoms with E-state index in [0.717, 1.165) is 11.1 Å². The van der Waals surface area contributed by atoms with Crippen molar-refractivity contribution >= 4 is 11.8 Å². The van der Waals surface area contributed by atoms with Gasteiger partial charge in [-0.2, -0.15) is 0 Å². The Morgan fingerprint density at radius 2 is 1.61 bits per heavy atom. The summed E-state index contributed by atoms with van der Waals surface area (Å²) >= 11 is 0. The van der Waals surface area contributed by atoms with Crippen LogP contribution in [0.15, 0.2) is 60.7 Å². The molecule has 0 saturated heterocycles. The molecule has 0 unspecified atom stereocenters. The third-order valence-corrected chi connectivity index (χ3v) is 6.30. The van der Waals surface area contributed by atoms with Crippen LogP contribution in [0.2, 0.25) is 0 Å². The highest BCUT2D eigenvalue weighted by atomic mass is 16.5. The first-order valence-electron chi connectivity index (χ1n) is 11.6. The molecule has 1 heterocycles. The number of fused-ring (bicyclic) bond motifs is 1. The van der Waals surface area contributed by atoms with Gasteiger partial charge in [0, 0.05) is 23.7 Å². The fourth-order valence-electron chi connectivity index (χ4n) is 4.44. The summed E-state index contributed by atoms with van der Waals surface area (Å²) in [6, 6.07) is 17.6. The van der Waals surface area contributed by atoms with E-state index >= 15 is 0 Å². The number of methoxy groups -OCH3 is 4. The summed E-state index contributed by atoms with van der Waals surface area (Å²) in [5.74, 6) is 2.10. The number of amides is 2. The van der Waals surface area contributed by atoms with E-state index in [-0.39, 0.29) is 18.4 Å². The average molecular weight is 491 g/mol. The summed E-state index contributed by atoms with van der Waals surface area (Å²) in [4.78, 5) is 28.3. The Kier molecular flexibility index (Phi) is 7.63. The van der Waals surface area contributed by atoms with Gasteiger partial charge in [0.1, 0.15) is 17.5 Å². The van der Waals surface area contributed by atoms with Gasteiger partial charge in [0.25, 0.3) is 5.91 Å². The molecule has 3 aromatic carbocycles. The fourth-order valence-corrected chi connectivity index (χ4v) is 4.44. The maximum atomic E-state index is 13.4. The first-order chi connectivity index (χ1) is 17.5. The Morgan fingerprint density at radius 1 is 0.861 bits per heavy atom. The van der Waals surface area contributed by atoms with E-state index in [1.165, 1.54) is 0 Å². The number of nitrogens with zero attached hydrogens (tertiary/aromatic N) is 1. The zero-order chi connectivity index (χ0) is 25.7. The summed E-state index contributed by atoms with van der Waals surface area (Å²) in [6.07, 6.45) is 0.598. The van der Waals surface area contributed by atoms with E-state index in [9.17, 15) is 9.59 Å². The highest BCUT2D eigenvalue weighted by Gasteiger charge is 2.41. The zero-order valence-electron chi connectivity index (χ0n) is 20.9. The van der Waals surface area contributed by atoms with Gasteiger partial charge in [0.15, 0.2) is 11.5 Å². The minimum Gasteiger partial charge on any atom is -0.497 e. The van der Waals surface area contributed by atoms with Gasteiger partial charge in [-0.25, -0.2) is 0 Å². The van der Waals surface area contributed by atoms with E-state index < -0.39 is 6.04 Å². The maximum Gasteiger partial charge on any atom is 0.255 e. The van der Waals surface area contributed by atoms with Crippen molar-refractivity contribution in [3.05, 3.63) is 82.9 Å². The lowest BCUT2D eigenvalue weighted by Gasteiger charge is -2.25. The molecular weight excluding hydrogens is 460 g/mol. The molecule has 3 aromatic rings. The van der Waals surface area contributed by atoms with Gasteiger partial charge in [0.2, 0.25) is 5.91 Å². The highest BCUT2D eigenvalue weighted by molar-refractivity contribution is 6.04. The van der Waals surface area contributed by atoms with Crippen molar-refractivity contribution in [1.29, 1.82) is 0 Å². The minimum atomic E-state index is -0.745. The number of hydrogen-bond acceptors (Lipinski definition) is 6. The SMILES string of the molecule is COc1ccc(CN2C(=O)c3ccccc3[C@H]2C(=O)NCCc2ccc(OC)c(OC)c2)c(OC)c1. The van der Waals surface area contributed by atoms with Crippen LogP contribution in [0.25, 0.3) is 0 Å². The van der Waals surface area contributed by atoms with Crippen LogP contribution in [-0.2, 0) is 17.8 Å². The molecule has 0 bridgehead atoms. The van der Waals surface area contributed by atoms with E-state index in [2.05, 4.69) is 5.32 Å². The maximum absolute atomic E-state index is 13.4. The molecule has 1 aliphatic heterocycles. The van der Waals surface area contributed by atoms with Crippen molar-refractivity contribution < 1.29 is 28.5 Å². The standard InChI is InChI=1S/C28H30N2O6/c1-33-20-11-10-19(24(16-20)35-3)17-30-26(21-7-5-6-8-22(21)28(30)32)27(31)29-14-13-18-9-12-23(34-2)25(15-18)36-4/h5-12,15-16,26H,13-14,17H2,1-4H3,(H,29,31)/t26-/m0/s1. The second kappa shape index (κ2) is 11.0. The highest BCUT2D eigenvalue weighted by Crippen LogP contribution is 2.37. The molecule has 36 heavy (non-hydrogen) atoms. The van der Waals surface area contributed by atoms with E-state index in [0.29, 0.717) is 47.1 Å². The smallest absolute Gasteiger partial charge is 0.255 e. The van der Waals surface area contributed by atoms with Gasteiger partial charge in [-0.15, -0.1) is 0 Å². The quantitative estimate of drug-likeness (QED) is 0.466. The first-order valence-corrected chi connectivity index (χ1v) is 11.6. The summed E-state index contributed by atoms with van der Waals surface area (Å²) in [7, 11) is 6.32. The van der Waals surface area contributed by atoms with Gasteiger partial charge in [-0.3, -0.25) is 9.59 Å². The minimum absolute atomic E-state index is 0.191. The summed E-state index contributed by atoms with van der Waals surface area (Å²) < 4.78 is 21.5. The lowest BCUT2D eigenvalue weighted by atomic mass is 10.0. The molecule has 0 aliphatic carbocycles. The Hall–Kier alpha value is -4.20. The Balaban J connectivity index is 1.53. The lowest BCUT2D eigenvalue weighted by Crippen LogP contribution is -2.39. The Morgan fingerprint density at radius 3 is 2.33 bits per heavy atom. The molecule has 1 atom stereocenters. The number of hydrogen-bond donors (Lipinski definition) is 1. The fraction of sp³-hybridized carbons (Fsp3) is 0.286. The molecular formula is C28H30N2O6. The van der Waals surface area contributed by atoms with Crippen LogP contribution in [0.5, 0.6) is 23.0 Å². The van der Waals surface area contributed by atoms with Crippen molar-refractivity contribution in [3.63, 3.8) is 0 Å². The number of benzene rings is 3. The Bertz CT molecular complexity index is 1260. The molecule has 1 aliphatic rings. The molecule has 8 heteroatoms. The van der Waals surface area contributed by atoms with E-state index in [1.807, 2.05) is 42.5 Å². The number of nitrogens with one attached hydrogen (secondary N) is 1. The third-order valence-electron chi connectivity index (χ3n) is 6.30. The lowest BCUT2D eigenvalue weighted by molar-refractivity contribution is -0.125. The van der Waals surface area contributed by atoms with Gasteiger partial charge in [-0.1, -0.05) is 24.3 Å². The van der Waals surface area contributed by atoms with Crippen molar-refractivity contribution in [2.45, 2.75) is 19.0 Å². The predicted octanol–water partition coefficient (Wildman–Crippen LogP) is 3.78. The summed E-state index contributed by atoms with van der Waals surface area (Å²) in [5, 5.41) is 3.01. The molecule has 0 aromatic heterocycles. The van der Waals surface area contributed by atoms with Gasteiger partial charge in [0.05, 0.1) is 35.0 Å². The van der Waals surface area contributed by atoms with Crippen LogP contribution in [0.4, 0.5) is 0 Å². The molecule has 8 nitrogen and oxygen atoms in total. The number of carbonyl (C=O) groups is 2. The number of ether oxygens (including phenoxy) is 4. The zero-order valence-corrected chi connectivity index (χ0v) is 20.9. The molecule has 0 spiro atoms. The topological polar surface area (TPSA) is 86.3 Å². The summed E-state index contributed by atoms with van der Waals surface area (Å²) in [5.41, 5.74) is 3.00. The predicted molar refractivity (Wildman–Crippen MR) is 135 cm³/mol. The Labute approximate surface area is 210 Å². The molecule has 2 amide bonds. The van der Waals surface area contributed by atoms with Crippen LogP contribution in [0.3, 0.4) is 0 Å². The molecule has 0 radical (unpaired) electrons. The van der Waals surface area contributed by atoms with Gasteiger partial charge in [-0.05, 0) is 47.9 Å². The normalized spacial score (nSPS) is 14.3. The molecule has 0 saturated carbocycles. The monoisotopic (exact) mass is 490 g/mol. The van der Waals surface area contributed by atoms with Gasteiger partial charge >= 0.3 is 0 Å². The average Bonchev–Trinajstić information content (AvgIpc) is 3.19. The van der Waals surface area contributed by atoms with Crippen LogP contribution in [0, 0.1) is 0 Å². The van der Waals surface area contributed by atoms with E-state index in [4.69, 9.17) is 18.9 Å². The van der Waals surface area contributed by atoms with Crippen molar-refractivity contribution in [2.24, 2.45) is 0 Å². The second-order valence-electron chi connectivity index (χ2n) is 8.33. The van der Waals surface area contributed by atoms with Crippen LogP contribution >= 0.6 is 0 Å². The van der Waals surface area contributed by atoms with Gasteiger partial charge < -0.3 is 29.2 Å². The molecule has 188 valence electrons. The van der Waals surface area contributed by atoms with Crippen molar-refractivity contribution in [3.8, 4) is 23.0 Å². The first kappa shape index (κ1) is 24.9. The molecule has 4 rings (SSSR count). The van der Waals surface area contributed by atoms with Crippen LogP contribution < -0.4 is 24.3 Å². The number of carbonyl (C=O) groups excluding carboxylic acids is 2.